The Kier molecular flexibility index (Phi) is 5.56. The van der Waals surface area contributed by atoms with Crippen molar-refractivity contribution in [3.8, 4) is 17.2 Å². The van der Waals surface area contributed by atoms with Crippen LogP contribution in [0, 0.1) is 0 Å². The number of nitrogens with zero attached hydrogens (tertiary/aromatic N) is 1. The molecule has 0 aliphatic carbocycles. The molecule has 0 bridgehead atoms. The van der Waals surface area contributed by atoms with Crippen molar-refractivity contribution in [2.45, 2.75) is 6.04 Å². The summed E-state index contributed by atoms with van der Waals surface area (Å²) < 4.78 is 27.5. The minimum Gasteiger partial charge on any atom is -0.493 e. The summed E-state index contributed by atoms with van der Waals surface area (Å²) in [6, 6.07) is 9.68. The van der Waals surface area contributed by atoms with Crippen LogP contribution in [0.4, 0.5) is 0 Å². The van der Waals surface area contributed by atoms with E-state index in [1.165, 1.54) is 21.3 Å². The zero-order chi connectivity index (χ0) is 22.1. The van der Waals surface area contributed by atoms with Gasteiger partial charge in [-0.15, -0.1) is 0 Å². The predicted molar refractivity (Wildman–Crippen MR) is 113 cm³/mol. The standard InChI is InChI=1S/C23H23NO7/c1-27-10-9-24-19(13-11-16(28-2)21(30-4)17(12-13)29-3)18-20(25)14-7-5-6-8-15(14)31-22(18)23(24)26/h5-8,11-12,19H,9-10H2,1-4H3. The van der Waals surface area contributed by atoms with Crippen molar-refractivity contribution in [3.05, 3.63) is 63.5 Å². The lowest BCUT2D eigenvalue weighted by Crippen LogP contribution is -2.32. The summed E-state index contributed by atoms with van der Waals surface area (Å²) in [6.07, 6.45) is 0. The highest BCUT2D eigenvalue weighted by Crippen LogP contribution is 2.44. The highest BCUT2D eigenvalue weighted by molar-refractivity contribution is 5.99. The van der Waals surface area contributed by atoms with E-state index < -0.39 is 6.04 Å². The second kappa shape index (κ2) is 8.31. The molecule has 162 valence electrons. The molecule has 2 aromatic carbocycles. The van der Waals surface area contributed by atoms with Crippen LogP contribution < -0.4 is 19.6 Å². The summed E-state index contributed by atoms with van der Waals surface area (Å²) in [5.41, 5.74) is 1.05. The van der Waals surface area contributed by atoms with Gasteiger partial charge in [-0.25, -0.2) is 0 Å². The van der Waals surface area contributed by atoms with E-state index in [4.69, 9.17) is 23.4 Å². The largest absolute Gasteiger partial charge is 0.493 e. The molecule has 0 spiro atoms. The first-order chi connectivity index (χ1) is 15.0. The van der Waals surface area contributed by atoms with Crippen LogP contribution in [0.2, 0.25) is 0 Å². The van der Waals surface area contributed by atoms with Crippen LogP contribution in [0.3, 0.4) is 0 Å². The van der Waals surface area contributed by atoms with Gasteiger partial charge in [-0.2, -0.15) is 0 Å². The Morgan fingerprint density at radius 2 is 1.65 bits per heavy atom. The molecule has 8 nitrogen and oxygen atoms in total. The summed E-state index contributed by atoms with van der Waals surface area (Å²) in [7, 11) is 6.10. The van der Waals surface area contributed by atoms with E-state index in [0.717, 1.165) is 0 Å². The summed E-state index contributed by atoms with van der Waals surface area (Å²) in [5.74, 6) is 0.948. The van der Waals surface area contributed by atoms with Crippen molar-refractivity contribution in [1.82, 2.24) is 4.90 Å². The van der Waals surface area contributed by atoms with E-state index in [9.17, 15) is 9.59 Å². The Labute approximate surface area is 178 Å². The van der Waals surface area contributed by atoms with E-state index in [-0.39, 0.29) is 29.2 Å². The fourth-order valence-electron chi connectivity index (χ4n) is 3.99. The molecule has 0 saturated carbocycles. The molecule has 0 N–H and O–H groups in total. The van der Waals surface area contributed by atoms with Crippen LogP contribution in [0.25, 0.3) is 11.0 Å². The van der Waals surface area contributed by atoms with E-state index in [1.54, 1.807) is 48.4 Å². The average molecular weight is 425 g/mol. The van der Waals surface area contributed by atoms with E-state index in [0.29, 0.717) is 40.4 Å². The third-order valence-electron chi connectivity index (χ3n) is 5.41. The van der Waals surface area contributed by atoms with Crippen molar-refractivity contribution in [1.29, 1.82) is 0 Å². The Bertz CT molecular complexity index is 1180. The van der Waals surface area contributed by atoms with Gasteiger partial charge in [0, 0.05) is 13.7 Å². The van der Waals surface area contributed by atoms with Crippen molar-refractivity contribution >= 4 is 16.9 Å². The van der Waals surface area contributed by atoms with Gasteiger partial charge in [0.2, 0.25) is 11.5 Å². The SMILES string of the molecule is COCCN1C(=O)c2oc3ccccc3c(=O)c2C1c1cc(OC)c(OC)c(OC)c1. The van der Waals surface area contributed by atoms with Crippen LogP contribution in [0.15, 0.2) is 45.6 Å². The first kappa shape index (κ1) is 20.7. The predicted octanol–water partition coefficient (Wildman–Crippen LogP) is 3.01. The lowest BCUT2D eigenvalue weighted by atomic mass is 9.97. The maximum absolute atomic E-state index is 13.4. The number of hydrogen-bond donors (Lipinski definition) is 0. The van der Waals surface area contributed by atoms with Gasteiger partial charge >= 0.3 is 0 Å². The van der Waals surface area contributed by atoms with Crippen LogP contribution in [-0.2, 0) is 4.74 Å². The molecule has 0 radical (unpaired) electrons. The molecule has 8 heteroatoms. The number of ether oxygens (including phenoxy) is 4. The molecule has 1 aliphatic heterocycles. The molecule has 2 heterocycles. The van der Waals surface area contributed by atoms with Crippen LogP contribution in [0.1, 0.15) is 27.7 Å². The number of fused-ring (bicyclic) bond motifs is 2. The van der Waals surface area contributed by atoms with E-state index in [1.807, 2.05) is 0 Å². The Morgan fingerprint density at radius 3 is 2.26 bits per heavy atom. The van der Waals surface area contributed by atoms with Gasteiger partial charge in [-0.05, 0) is 29.8 Å². The van der Waals surface area contributed by atoms with Gasteiger partial charge in [0.1, 0.15) is 5.58 Å². The molecule has 0 saturated heterocycles. The third-order valence-corrected chi connectivity index (χ3v) is 5.41. The van der Waals surface area contributed by atoms with Gasteiger partial charge in [-0.3, -0.25) is 9.59 Å². The van der Waals surface area contributed by atoms with Crippen molar-refractivity contribution in [2.75, 3.05) is 41.6 Å². The fourth-order valence-corrected chi connectivity index (χ4v) is 3.99. The topological polar surface area (TPSA) is 87.4 Å². The minimum atomic E-state index is -0.688. The molecule has 1 unspecified atom stereocenters. The molecule has 0 fully saturated rings. The number of hydrogen-bond acceptors (Lipinski definition) is 7. The molecule has 1 aliphatic rings. The number of para-hydroxylation sites is 1. The minimum absolute atomic E-state index is 0.0403. The second-order valence-corrected chi connectivity index (χ2v) is 7.02. The summed E-state index contributed by atoms with van der Waals surface area (Å²) in [5, 5.41) is 0.417. The monoisotopic (exact) mass is 425 g/mol. The average Bonchev–Trinajstić information content (AvgIpc) is 3.08. The molecule has 31 heavy (non-hydrogen) atoms. The Balaban J connectivity index is 1.99. The fraction of sp³-hybridized carbons (Fsp3) is 0.304. The number of rotatable bonds is 7. The lowest BCUT2D eigenvalue weighted by molar-refractivity contribution is 0.0662. The lowest BCUT2D eigenvalue weighted by Gasteiger charge is -2.26. The van der Waals surface area contributed by atoms with Gasteiger partial charge < -0.3 is 28.3 Å². The smallest absolute Gasteiger partial charge is 0.290 e. The van der Waals surface area contributed by atoms with Gasteiger partial charge in [0.05, 0.1) is 44.9 Å². The number of methoxy groups -OCH3 is 4. The molecular weight excluding hydrogens is 402 g/mol. The van der Waals surface area contributed by atoms with Gasteiger partial charge in [-0.1, -0.05) is 12.1 Å². The van der Waals surface area contributed by atoms with Gasteiger partial charge in [0.25, 0.3) is 5.91 Å². The third kappa shape index (κ3) is 3.29. The number of carbonyl (C=O) groups excluding carboxylic acids is 1. The zero-order valence-corrected chi connectivity index (χ0v) is 17.8. The normalized spacial score (nSPS) is 15.3. The molecule has 1 atom stereocenters. The second-order valence-electron chi connectivity index (χ2n) is 7.02. The molecule has 3 aromatic rings. The molecular formula is C23H23NO7. The van der Waals surface area contributed by atoms with E-state index in [2.05, 4.69) is 0 Å². The Morgan fingerprint density at radius 1 is 0.968 bits per heavy atom. The van der Waals surface area contributed by atoms with Crippen molar-refractivity contribution in [3.63, 3.8) is 0 Å². The van der Waals surface area contributed by atoms with Crippen molar-refractivity contribution < 1.29 is 28.2 Å². The Hall–Kier alpha value is -3.52. The highest BCUT2D eigenvalue weighted by atomic mass is 16.5. The quantitative estimate of drug-likeness (QED) is 0.575. The highest BCUT2D eigenvalue weighted by Gasteiger charge is 2.43. The maximum atomic E-state index is 13.4. The van der Waals surface area contributed by atoms with E-state index >= 15 is 0 Å². The number of benzene rings is 2. The van der Waals surface area contributed by atoms with Gasteiger partial charge in [0.15, 0.2) is 16.9 Å². The zero-order valence-electron chi connectivity index (χ0n) is 17.8. The van der Waals surface area contributed by atoms with Crippen LogP contribution >= 0.6 is 0 Å². The summed E-state index contributed by atoms with van der Waals surface area (Å²) >= 11 is 0. The van der Waals surface area contributed by atoms with Crippen molar-refractivity contribution in [2.24, 2.45) is 0 Å². The summed E-state index contributed by atoms with van der Waals surface area (Å²) in [4.78, 5) is 28.3. The number of amides is 1. The molecule has 1 aromatic heterocycles. The first-order valence-electron chi connectivity index (χ1n) is 9.71. The molecule has 1 amide bonds. The maximum Gasteiger partial charge on any atom is 0.290 e. The summed E-state index contributed by atoms with van der Waals surface area (Å²) in [6.45, 7) is 0.574. The van der Waals surface area contributed by atoms with Crippen LogP contribution in [0.5, 0.6) is 17.2 Å². The number of carbonyl (C=O) groups is 1. The first-order valence-corrected chi connectivity index (χ1v) is 9.71. The van der Waals surface area contributed by atoms with Crippen LogP contribution in [-0.4, -0.2) is 52.4 Å². The molecule has 4 rings (SSSR count).